The zero-order valence-electron chi connectivity index (χ0n) is 6.99. The van der Waals surface area contributed by atoms with Crippen LogP contribution >= 0.6 is 8.15 Å². The first-order chi connectivity index (χ1) is 4.63. The van der Waals surface area contributed by atoms with E-state index in [1.165, 1.54) is 0 Å². The maximum Gasteiger partial charge on any atom is 0.430 e. The Kier molecular flexibility index (Phi) is 3.33. The van der Waals surface area contributed by atoms with E-state index in [0.717, 1.165) is 6.66 Å². The monoisotopic (exact) mass is 188 g/mol. The van der Waals surface area contributed by atoms with Crippen LogP contribution in [-0.2, 0) is 4.52 Å². The van der Waals surface area contributed by atoms with Crippen molar-refractivity contribution in [2.45, 2.75) is 32.3 Å². The van der Waals surface area contributed by atoms with Gasteiger partial charge in [-0.25, -0.2) is 0 Å². The molecule has 0 aromatic rings. The number of halogens is 3. The van der Waals surface area contributed by atoms with Crippen LogP contribution in [-0.4, -0.2) is 18.2 Å². The molecule has 0 N–H and O–H groups in total. The molecule has 0 saturated heterocycles. The third-order valence-corrected chi connectivity index (χ3v) is 2.30. The molecule has 1 nitrogen and oxygen atoms in total. The van der Waals surface area contributed by atoms with Crippen molar-refractivity contribution in [2.24, 2.45) is 0 Å². The van der Waals surface area contributed by atoms with Gasteiger partial charge in [0.05, 0.1) is 5.60 Å². The van der Waals surface area contributed by atoms with E-state index in [1.54, 1.807) is 20.8 Å². The highest BCUT2D eigenvalue weighted by atomic mass is 31.1. The Morgan fingerprint density at radius 3 is 1.55 bits per heavy atom. The van der Waals surface area contributed by atoms with Crippen LogP contribution in [0.5, 0.6) is 0 Å². The normalized spacial score (nSPS) is 16.6. The highest BCUT2D eigenvalue weighted by molar-refractivity contribution is 7.52. The Labute approximate surface area is 65.8 Å². The average molecular weight is 188 g/mol. The molecule has 0 bridgehead atoms. The fourth-order valence-corrected chi connectivity index (χ4v) is 1.39. The van der Waals surface area contributed by atoms with Gasteiger partial charge in [-0.2, -0.15) is 13.2 Å². The van der Waals surface area contributed by atoms with E-state index >= 15 is 0 Å². The lowest BCUT2D eigenvalue weighted by Gasteiger charge is -2.25. The van der Waals surface area contributed by atoms with E-state index < -0.39 is 19.7 Å². The molecular formula is C6H12F3OP. The van der Waals surface area contributed by atoms with Gasteiger partial charge >= 0.3 is 5.92 Å². The topological polar surface area (TPSA) is 9.23 Å². The number of hydrogen-bond donors (Lipinski definition) is 0. The molecule has 0 amide bonds. The predicted molar refractivity (Wildman–Crippen MR) is 39.7 cm³/mol. The van der Waals surface area contributed by atoms with Crippen molar-refractivity contribution in [2.75, 3.05) is 6.66 Å². The van der Waals surface area contributed by atoms with Gasteiger partial charge in [0.15, 0.2) is 0 Å². The van der Waals surface area contributed by atoms with E-state index in [9.17, 15) is 13.2 Å². The van der Waals surface area contributed by atoms with Crippen molar-refractivity contribution < 1.29 is 17.7 Å². The molecule has 5 heteroatoms. The Hall–Kier alpha value is 0.180. The molecule has 1 atom stereocenters. The Bertz CT molecular complexity index is 127. The largest absolute Gasteiger partial charge is 0.430 e. The molecular weight excluding hydrogens is 176 g/mol. The minimum Gasteiger partial charge on any atom is -0.345 e. The first-order valence-corrected chi connectivity index (χ1v) is 4.83. The number of alkyl halides is 3. The summed E-state index contributed by atoms with van der Waals surface area (Å²) in [5.74, 6) is -4.19. The summed E-state index contributed by atoms with van der Waals surface area (Å²) in [4.78, 5) is 0. The van der Waals surface area contributed by atoms with Crippen LogP contribution in [0.2, 0.25) is 0 Å². The van der Waals surface area contributed by atoms with Crippen LogP contribution in [0, 0.1) is 0 Å². The maximum atomic E-state index is 11.9. The summed E-state index contributed by atoms with van der Waals surface area (Å²) >= 11 is 0. The zero-order chi connectivity index (χ0) is 9.28. The lowest BCUT2D eigenvalue weighted by atomic mass is 10.2. The molecule has 0 radical (unpaired) electrons. The molecule has 68 valence electrons. The Balaban J connectivity index is 3.99. The number of hydrogen-bond acceptors (Lipinski definition) is 1. The molecule has 0 aliphatic rings. The van der Waals surface area contributed by atoms with Gasteiger partial charge in [-0.05, 0) is 27.4 Å². The SMILES string of the molecule is CP(OC(C)(C)C)C(F)(F)F. The molecule has 0 aliphatic carbocycles. The van der Waals surface area contributed by atoms with Crippen LogP contribution < -0.4 is 0 Å². The summed E-state index contributed by atoms with van der Waals surface area (Å²) in [5.41, 5.74) is -0.712. The van der Waals surface area contributed by atoms with Gasteiger partial charge in [0, 0.05) is 0 Å². The summed E-state index contributed by atoms with van der Waals surface area (Å²) in [7, 11) is -2.31. The molecule has 1 unspecified atom stereocenters. The standard InChI is InChI=1S/C6H12F3OP/c1-5(2,3)10-11(4)6(7,8)9/h1-4H3. The van der Waals surface area contributed by atoms with Crippen molar-refractivity contribution in [1.29, 1.82) is 0 Å². The molecule has 0 heterocycles. The highest BCUT2D eigenvalue weighted by Gasteiger charge is 2.39. The molecule has 0 saturated carbocycles. The van der Waals surface area contributed by atoms with E-state index in [-0.39, 0.29) is 0 Å². The molecule has 11 heavy (non-hydrogen) atoms. The minimum atomic E-state index is -4.19. The van der Waals surface area contributed by atoms with Crippen molar-refractivity contribution >= 4 is 8.15 Å². The minimum absolute atomic E-state index is 0.712. The fraction of sp³-hybridized carbons (Fsp3) is 1.00. The second-order valence-electron chi connectivity index (χ2n) is 3.17. The lowest BCUT2D eigenvalue weighted by molar-refractivity contribution is -0.0556. The number of rotatable bonds is 1. The van der Waals surface area contributed by atoms with E-state index in [1.807, 2.05) is 0 Å². The second kappa shape index (κ2) is 3.28. The van der Waals surface area contributed by atoms with Gasteiger partial charge in [-0.1, -0.05) is 0 Å². The Morgan fingerprint density at radius 2 is 1.45 bits per heavy atom. The smallest absolute Gasteiger partial charge is 0.345 e. The van der Waals surface area contributed by atoms with E-state index in [0.29, 0.717) is 0 Å². The summed E-state index contributed by atoms with van der Waals surface area (Å²) in [5, 5.41) is 0. The van der Waals surface area contributed by atoms with Gasteiger partial charge in [-0.15, -0.1) is 0 Å². The zero-order valence-corrected chi connectivity index (χ0v) is 7.88. The summed E-state index contributed by atoms with van der Waals surface area (Å²) in [6.07, 6.45) is 0. The quantitative estimate of drug-likeness (QED) is 0.573. The molecule has 0 aromatic carbocycles. The maximum absolute atomic E-state index is 11.9. The third kappa shape index (κ3) is 5.45. The summed E-state index contributed by atoms with van der Waals surface area (Å²) in [6.45, 7) is 5.90. The van der Waals surface area contributed by atoms with E-state index in [4.69, 9.17) is 4.52 Å². The Morgan fingerprint density at radius 1 is 1.09 bits per heavy atom. The molecule has 0 rings (SSSR count). The van der Waals surface area contributed by atoms with Crippen molar-refractivity contribution in [1.82, 2.24) is 0 Å². The van der Waals surface area contributed by atoms with Crippen LogP contribution in [0.4, 0.5) is 13.2 Å². The first kappa shape index (κ1) is 11.2. The van der Waals surface area contributed by atoms with Gasteiger partial charge in [-0.3, -0.25) is 0 Å². The van der Waals surface area contributed by atoms with E-state index in [2.05, 4.69) is 0 Å². The third-order valence-electron chi connectivity index (χ3n) is 0.768. The molecule has 0 aromatic heterocycles. The average Bonchev–Trinajstić information content (AvgIpc) is 1.56. The van der Waals surface area contributed by atoms with Crippen LogP contribution in [0.15, 0.2) is 0 Å². The molecule has 0 spiro atoms. The van der Waals surface area contributed by atoms with Gasteiger partial charge in [0.2, 0.25) is 0 Å². The predicted octanol–water partition coefficient (Wildman–Crippen LogP) is 3.35. The van der Waals surface area contributed by atoms with Crippen molar-refractivity contribution in [3.05, 3.63) is 0 Å². The summed E-state index contributed by atoms with van der Waals surface area (Å²) < 4.78 is 40.4. The van der Waals surface area contributed by atoms with Crippen molar-refractivity contribution in [3.8, 4) is 0 Å². The molecule has 0 fully saturated rings. The van der Waals surface area contributed by atoms with Gasteiger partial charge < -0.3 is 4.52 Å². The van der Waals surface area contributed by atoms with Gasteiger partial charge in [0.1, 0.15) is 8.15 Å². The fourth-order valence-electron chi connectivity index (χ4n) is 0.463. The van der Waals surface area contributed by atoms with Crippen LogP contribution in [0.25, 0.3) is 0 Å². The van der Waals surface area contributed by atoms with Crippen molar-refractivity contribution in [3.63, 3.8) is 0 Å². The van der Waals surface area contributed by atoms with Crippen LogP contribution in [0.1, 0.15) is 20.8 Å². The summed E-state index contributed by atoms with van der Waals surface area (Å²) in [6, 6.07) is 0. The lowest BCUT2D eigenvalue weighted by Crippen LogP contribution is -2.20. The second-order valence-corrected chi connectivity index (χ2v) is 4.85. The molecule has 0 aliphatic heterocycles. The first-order valence-electron chi connectivity index (χ1n) is 3.12. The van der Waals surface area contributed by atoms with Crippen LogP contribution in [0.3, 0.4) is 0 Å². The van der Waals surface area contributed by atoms with Gasteiger partial charge in [0.25, 0.3) is 0 Å². The highest BCUT2D eigenvalue weighted by Crippen LogP contribution is 2.53.